The van der Waals surface area contributed by atoms with Crippen LogP contribution in [0.25, 0.3) is 17.0 Å². The molecule has 0 spiro atoms. The van der Waals surface area contributed by atoms with Gasteiger partial charge in [-0.3, -0.25) is 0 Å². The first-order valence-electron chi connectivity index (χ1n) is 9.24. The summed E-state index contributed by atoms with van der Waals surface area (Å²) in [5.74, 6) is 1.35. The van der Waals surface area contributed by atoms with Crippen LogP contribution in [0.1, 0.15) is 39.0 Å². The minimum atomic E-state index is 0.608. The molecule has 130 valence electrons. The van der Waals surface area contributed by atoms with Crippen LogP contribution in [0, 0.1) is 0 Å². The van der Waals surface area contributed by atoms with Gasteiger partial charge in [0.2, 0.25) is 0 Å². The molecule has 5 nitrogen and oxygen atoms in total. The number of rotatable bonds is 4. The number of benzene rings is 1. The fourth-order valence-corrected chi connectivity index (χ4v) is 3.91. The van der Waals surface area contributed by atoms with Crippen molar-refractivity contribution in [1.82, 2.24) is 14.6 Å². The summed E-state index contributed by atoms with van der Waals surface area (Å²) in [6, 6.07) is 14.8. The maximum atomic E-state index is 6.30. The molecule has 1 aliphatic rings. The second-order valence-electron chi connectivity index (χ2n) is 6.79. The van der Waals surface area contributed by atoms with Gasteiger partial charge in [0, 0.05) is 36.0 Å². The summed E-state index contributed by atoms with van der Waals surface area (Å²) in [4.78, 5) is 7.19. The zero-order valence-electron chi connectivity index (χ0n) is 14.7. The molecule has 2 N–H and O–H groups in total. The van der Waals surface area contributed by atoms with Crippen molar-refractivity contribution in [3.63, 3.8) is 0 Å². The first-order chi connectivity index (χ1) is 12.3. The molecule has 0 amide bonds. The summed E-state index contributed by atoms with van der Waals surface area (Å²) in [6.07, 6.45) is 6.53. The van der Waals surface area contributed by atoms with Crippen molar-refractivity contribution >= 4 is 17.2 Å². The van der Waals surface area contributed by atoms with E-state index in [0.29, 0.717) is 17.7 Å². The Morgan fingerprint density at radius 1 is 1.12 bits per heavy atom. The van der Waals surface area contributed by atoms with Gasteiger partial charge in [0.15, 0.2) is 11.5 Å². The molecule has 25 heavy (non-hydrogen) atoms. The first kappa shape index (κ1) is 15.9. The Bertz CT molecular complexity index is 849. The smallest absolute Gasteiger partial charge is 0.182 e. The Balaban J connectivity index is 1.73. The molecule has 1 saturated carbocycles. The van der Waals surface area contributed by atoms with Crippen LogP contribution < -0.4 is 10.6 Å². The van der Waals surface area contributed by atoms with E-state index in [4.69, 9.17) is 10.7 Å². The van der Waals surface area contributed by atoms with Gasteiger partial charge < -0.3 is 10.6 Å². The standard InChI is InChI=1S/C20H25N5/c1-2-24(16-11-7-4-8-12-16)17-13-18(21)25-19(14-17)22-20(23-25)15-9-5-3-6-10-15/h3,5-6,9-10,13-14,16H,2,4,7-8,11-12,21H2,1H3. The van der Waals surface area contributed by atoms with E-state index in [-0.39, 0.29) is 0 Å². The molecule has 0 aliphatic heterocycles. The third kappa shape index (κ3) is 3.06. The molecule has 1 fully saturated rings. The van der Waals surface area contributed by atoms with Crippen molar-refractivity contribution in [3.05, 3.63) is 42.5 Å². The van der Waals surface area contributed by atoms with E-state index in [2.05, 4.69) is 23.0 Å². The lowest BCUT2D eigenvalue weighted by Gasteiger charge is -2.35. The van der Waals surface area contributed by atoms with Gasteiger partial charge in [0.05, 0.1) is 0 Å². The Morgan fingerprint density at radius 3 is 2.60 bits per heavy atom. The van der Waals surface area contributed by atoms with Gasteiger partial charge in [-0.2, -0.15) is 4.52 Å². The fraction of sp³-hybridized carbons (Fsp3) is 0.400. The van der Waals surface area contributed by atoms with Crippen LogP contribution in [0.4, 0.5) is 11.5 Å². The van der Waals surface area contributed by atoms with Gasteiger partial charge in [0.25, 0.3) is 0 Å². The van der Waals surface area contributed by atoms with Gasteiger partial charge in [-0.15, -0.1) is 5.10 Å². The predicted molar refractivity (Wildman–Crippen MR) is 103 cm³/mol. The van der Waals surface area contributed by atoms with E-state index in [9.17, 15) is 0 Å². The van der Waals surface area contributed by atoms with E-state index >= 15 is 0 Å². The van der Waals surface area contributed by atoms with Crippen molar-refractivity contribution in [2.45, 2.75) is 45.1 Å². The Kier molecular flexibility index (Phi) is 4.30. The van der Waals surface area contributed by atoms with Crippen molar-refractivity contribution in [1.29, 1.82) is 0 Å². The molecule has 2 aromatic heterocycles. The van der Waals surface area contributed by atoms with Crippen LogP contribution in [-0.4, -0.2) is 27.2 Å². The van der Waals surface area contributed by atoms with Crippen molar-refractivity contribution < 1.29 is 0 Å². The highest BCUT2D eigenvalue weighted by atomic mass is 15.3. The average molecular weight is 335 g/mol. The van der Waals surface area contributed by atoms with E-state index in [1.807, 2.05) is 36.4 Å². The third-order valence-electron chi connectivity index (χ3n) is 5.17. The number of hydrogen-bond donors (Lipinski definition) is 1. The molecule has 0 radical (unpaired) electrons. The second-order valence-corrected chi connectivity index (χ2v) is 6.79. The highest BCUT2D eigenvalue weighted by Crippen LogP contribution is 2.29. The van der Waals surface area contributed by atoms with Crippen LogP contribution in [0.15, 0.2) is 42.5 Å². The number of nitrogens with zero attached hydrogens (tertiary/aromatic N) is 4. The lowest BCUT2D eigenvalue weighted by Crippen LogP contribution is -2.36. The predicted octanol–water partition coefficient (Wildman–Crippen LogP) is 4.14. The lowest BCUT2D eigenvalue weighted by atomic mass is 9.94. The quantitative estimate of drug-likeness (QED) is 0.778. The lowest BCUT2D eigenvalue weighted by molar-refractivity contribution is 0.418. The largest absolute Gasteiger partial charge is 0.384 e. The third-order valence-corrected chi connectivity index (χ3v) is 5.17. The summed E-state index contributed by atoms with van der Waals surface area (Å²) in [7, 11) is 0. The molecular formula is C20H25N5. The monoisotopic (exact) mass is 335 g/mol. The topological polar surface area (TPSA) is 59.5 Å². The summed E-state index contributed by atoms with van der Waals surface area (Å²) in [5.41, 5.74) is 9.28. The van der Waals surface area contributed by atoms with E-state index in [1.165, 1.54) is 32.1 Å². The summed E-state index contributed by atoms with van der Waals surface area (Å²) in [5, 5.41) is 4.58. The van der Waals surface area contributed by atoms with Crippen LogP contribution >= 0.6 is 0 Å². The number of pyridine rings is 1. The molecule has 0 bridgehead atoms. The van der Waals surface area contributed by atoms with Crippen LogP contribution in [-0.2, 0) is 0 Å². The Hall–Kier alpha value is -2.56. The maximum absolute atomic E-state index is 6.30. The van der Waals surface area contributed by atoms with E-state index in [1.54, 1.807) is 4.52 Å². The van der Waals surface area contributed by atoms with Crippen molar-refractivity contribution in [2.75, 3.05) is 17.2 Å². The number of fused-ring (bicyclic) bond motifs is 1. The Morgan fingerprint density at radius 2 is 1.88 bits per heavy atom. The molecule has 1 aromatic carbocycles. The van der Waals surface area contributed by atoms with Gasteiger partial charge in [-0.25, -0.2) is 4.98 Å². The normalized spacial score (nSPS) is 15.6. The van der Waals surface area contributed by atoms with Gasteiger partial charge >= 0.3 is 0 Å². The SMILES string of the molecule is CCN(c1cc(N)n2nc(-c3ccccc3)nc2c1)C1CCCCC1. The molecule has 2 heterocycles. The maximum Gasteiger partial charge on any atom is 0.182 e. The number of aromatic nitrogens is 3. The average Bonchev–Trinajstić information content (AvgIpc) is 3.09. The van der Waals surface area contributed by atoms with E-state index in [0.717, 1.165) is 23.4 Å². The van der Waals surface area contributed by atoms with Crippen molar-refractivity contribution in [2.24, 2.45) is 0 Å². The minimum absolute atomic E-state index is 0.608. The van der Waals surface area contributed by atoms with Crippen molar-refractivity contribution in [3.8, 4) is 11.4 Å². The molecular weight excluding hydrogens is 310 g/mol. The zero-order chi connectivity index (χ0) is 17.2. The highest BCUT2D eigenvalue weighted by Gasteiger charge is 2.21. The molecule has 4 rings (SSSR count). The van der Waals surface area contributed by atoms with Gasteiger partial charge in [0.1, 0.15) is 5.82 Å². The number of nitrogens with two attached hydrogens (primary N) is 1. The minimum Gasteiger partial charge on any atom is -0.384 e. The number of hydrogen-bond acceptors (Lipinski definition) is 4. The Labute approximate surface area is 148 Å². The molecule has 0 atom stereocenters. The zero-order valence-corrected chi connectivity index (χ0v) is 14.7. The summed E-state index contributed by atoms with van der Waals surface area (Å²) < 4.78 is 1.74. The van der Waals surface area contributed by atoms with Crippen LogP contribution in [0.5, 0.6) is 0 Å². The summed E-state index contributed by atoms with van der Waals surface area (Å²) in [6.45, 7) is 3.20. The summed E-state index contributed by atoms with van der Waals surface area (Å²) >= 11 is 0. The first-order valence-corrected chi connectivity index (χ1v) is 9.24. The molecule has 0 saturated heterocycles. The molecule has 3 aromatic rings. The van der Waals surface area contributed by atoms with Crippen LogP contribution in [0.3, 0.4) is 0 Å². The molecule has 1 aliphatic carbocycles. The number of nitrogen functional groups attached to an aromatic ring is 1. The van der Waals surface area contributed by atoms with Crippen LogP contribution in [0.2, 0.25) is 0 Å². The van der Waals surface area contributed by atoms with Gasteiger partial charge in [-0.05, 0) is 19.8 Å². The highest BCUT2D eigenvalue weighted by molar-refractivity contribution is 5.66. The van der Waals surface area contributed by atoms with Gasteiger partial charge in [-0.1, -0.05) is 49.6 Å². The fourth-order valence-electron chi connectivity index (χ4n) is 3.91. The second kappa shape index (κ2) is 6.75. The number of anilines is 2. The van der Waals surface area contributed by atoms with E-state index < -0.39 is 0 Å². The molecule has 0 unspecified atom stereocenters. The molecule has 5 heteroatoms.